The van der Waals surface area contributed by atoms with Gasteiger partial charge in [0.1, 0.15) is 11.2 Å². The van der Waals surface area contributed by atoms with Crippen molar-refractivity contribution in [3.05, 3.63) is 413 Å². The number of hydrogen-bond acceptors (Lipinski definition) is 1. The van der Waals surface area contributed by atoms with Gasteiger partial charge in [-0.05, 0) is 221 Å². The molecule has 7 heterocycles. The second kappa shape index (κ2) is 25.6. The second-order valence-electron chi connectivity index (χ2n) is 30.3. The largest absolute Gasteiger partial charge is 0.456 e. The van der Waals surface area contributed by atoms with E-state index in [9.17, 15) is 0 Å². The average molecular weight is 1470 g/mol. The Bertz CT molecular complexity index is 7990. The predicted octanol–water partition coefficient (Wildman–Crippen LogP) is 28.9. The van der Waals surface area contributed by atoms with Gasteiger partial charge in [-0.15, -0.1) is 0 Å². The van der Waals surface area contributed by atoms with Crippen LogP contribution in [0.2, 0.25) is 0 Å². The lowest BCUT2D eigenvalue weighted by atomic mass is 10.0. The first kappa shape index (κ1) is 64.4. The van der Waals surface area contributed by atoms with Gasteiger partial charge in [0, 0.05) is 110 Å². The van der Waals surface area contributed by atoms with Gasteiger partial charge in [-0.3, -0.25) is 0 Å². The highest BCUT2D eigenvalue weighted by atomic mass is 16.3. The average Bonchev–Trinajstić information content (AvgIpc) is 1.55. The summed E-state index contributed by atoms with van der Waals surface area (Å²) in [5, 5.41) is 17.2. The predicted molar refractivity (Wildman–Crippen MR) is 483 cm³/mol. The highest BCUT2D eigenvalue weighted by Crippen LogP contribution is 2.45. The fourth-order valence-corrected chi connectivity index (χ4v) is 18.9. The molecular formula is C108H68N6O. The van der Waals surface area contributed by atoms with Crippen molar-refractivity contribution >= 4 is 153 Å². The topological polar surface area (TPSA) is 42.7 Å². The second-order valence-corrected chi connectivity index (χ2v) is 30.3. The normalized spacial score (nSPS) is 12.0. The van der Waals surface area contributed by atoms with Crippen LogP contribution < -0.4 is 0 Å². The van der Waals surface area contributed by atoms with Crippen LogP contribution >= 0.6 is 0 Å². The van der Waals surface area contributed by atoms with E-state index >= 15 is 0 Å². The molecule has 536 valence electrons. The monoisotopic (exact) mass is 1460 g/mol. The molecule has 0 saturated heterocycles. The molecule has 0 N–H and O–H groups in total. The van der Waals surface area contributed by atoms with Gasteiger partial charge in [0.05, 0.1) is 66.2 Å². The van der Waals surface area contributed by atoms with Crippen LogP contribution in [-0.4, -0.2) is 27.4 Å². The molecule has 0 bridgehead atoms. The third kappa shape index (κ3) is 10.0. The standard InChI is InChI=1S/C66H42N4.C42H26N2O/c1-3-16-47(17-4-1)67-59-26-11-7-22-51(59)55-38-43(30-34-63(55)67)45-32-36-65-57(40-45)53-24-9-13-28-61(53)69(65)49-20-15-21-50(42-49)70-62-29-14-10-25-54(62)58-41-46(33-37-66(58)70)44-31-35-64-56(39-44)52-23-8-12-27-60(52)68(64)48-18-5-2-6-19-48;1-2-10-29(11-3-1)43-37-15-7-4-12-31(37)34-24-27(18-21-39(34)43)28-19-22-40-35(25-28)32-13-5-8-16-38(32)44(40)30-20-23-42-36(26-30)33-14-6-9-17-41(33)45-42/h1-42H;1-26H. The molecule has 7 aromatic heterocycles. The summed E-state index contributed by atoms with van der Waals surface area (Å²) < 4.78 is 20.5. The number of aromatic nitrogens is 6. The molecule has 7 nitrogen and oxygen atoms in total. The van der Waals surface area contributed by atoms with Gasteiger partial charge in [0.15, 0.2) is 0 Å². The summed E-state index contributed by atoms with van der Waals surface area (Å²) in [6.45, 7) is 0. The Morgan fingerprint density at radius 2 is 0.339 bits per heavy atom. The van der Waals surface area contributed by atoms with Crippen molar-refractivity contribution in [1.82, 2.24) is 27.4 Å². The molecule has 25 rings (SSSR count). The first-order valence-corrected chi connectivity index (χ1v) is 39.4. The maximum atomic E-state index is 6.14. The minimum atomic E-state index is 0.909. The van der Waals surface area contributed by atoms with Crippen LogP contribution in [0.15, 0.2) is 417 Å². The van der Waals surface area contributed by atoms with E-state index in [0.29, 0.717) is 0 Å². The quantitative estimate of drug-likeness (QED) is 0.142. The number of fused-ring (bicyclic) bond motifs is 21. The summed E-state index contributed by atoms with van der Waals surface area (Å²) in [5.41, 5.74) is 30.3. The van der Waals surface area contributed by atoms with E-state index in [2.05, 4.69) is 428 Å². The third-order valence-corrected chi connectivity index (χ3v) is 24.0. The van der Waals surface area contributed by atoms with E-state index in [-0.39, 0.29) is 0 Å². The zero-order chi connectivity index (χ0) is 75.3. The van der Waals surface area contributed by atoms with Crippen LogP contribution in [-0.2, 0) is 0 Å². The van der Waals surface area contributed by atoms with Gasteiger partial charge in [-0.1, -0.05) is 224 Å². The van der Waals surface area contributed by atoms with Gasteiger partial charge in [0.2, 0.25) is 0 Å². The Hall–Kier alpha value is -15.4. The van der Waals surface area contributed by atoms with E-state index in [1.807, 2.05) is 12.1 Å². The maximum absolute atomic E-state index is 6.14. The van der Waals surface area contributed by atoms with Crippen molar-refractivity contribution in [3.63, 3.8) is 0 Å². The zero-order valence-corrected chi connectivity index (χ0v) is 62.4. The van der Waals surface area contributed by atoms with Crippen molar-refractivity contribution < 1.29 is 4.42 Å². The molecule has 0 amide bonds. The Morgan fingerprint density at radius 1 is 0.122 bits per heavy atom. The fraction of sp³-hybridized carbons (Fsp3) is 0. The summed E-state index contributed by atoms with van der Waals surface area (Å²) >= 11 is 0. The molecule has 0 fully saturated rings. The number of furan rings is 1. The molecule has 0 spiro atoms. The van der Waals surface area contributed by atoms with Gasteiger partial charge in [0.25, 0.3) is 0 Å². The van der Waals surface area contributed by atoms with Crippen molar-refractivity contribution in [3.8, 4) is 67.5 Å². The molecule has 0 saturated carbocycles. The lowest BCUT2D eigenvalue weighted by molar-refractivity contribution is 0.669. The molecule has 25 aromatic rings. The molecule has 115 heavy (non-hydrogen) atoms. The highest BCUT2D eigenvalue weighted by Gasteiger charge is 2.23. The zero-order valence-electron chi connectivity index (χ0n) is 62.4. The summed E-state index contributed by atoms with van der Waals surface area (Å²) in [6, 6.07) is 150. The first-order valence-electron chi connectivity index (χ1n) is 39.4. The maximum Gasteiger partial charge on any atom is 0.135 e. The number of benzene rings is 18. The summed E-state index contributed by atoms with van der Waals surface area (Å²) in [7, 11) is 0. The van der Waals surface area contributed by atoms with Crippen LogP contribution in [0.4, 0.5) is 0 Å². The van der Waals surface area contributed by atoms with E-state index in [4.69, 9.17) is 4.42 Å². The number of hydrogen-bond donors (Lipinski definition) is 0. The van der Waals surface area contributed by atoms with Crippen LogP contribution in [0, 0.1) is 0 Å². The lowest BCUT2D eigenvalue weighted by Gasteiger charge is -2.13. The van der Waals surface area contributed by atoms with Crippen LogP contribution in [0.5, 0.6) is 0 Å². The Labute approximate surface area is 660 Å². The van der Waals surface area contributed by atoms with E-state index < -0.39 is 0 Å². The summed E-state index contributed by atoms with van der Waals surface area (Å²) in [6.07, 6.45) is 0. The van der Waals surface area contributed by atoms with Crippen molar-refractivity contribution in [2.45, 2.75) is 0 Å². The molecule has 0 unspecified atom stereocenters. The molecule has 0 aliphatic rings. The molecule has 0 aliphatic heterocycles. The molecule has 0 atom stereocenters. The smallest absolute Gasteiger partial charge is 0.135 e. The van der Waals surface area contributed by atoms with Crippen LogP contribution in [0.1, 0.15) is 0 Å². The molecular weight excluding hydrogens is 1400 g/mol. The van der Waals surface area contributed by atoms with E-state index in [1.54, 1.807) is 0 Å². The number of nitrogens with zero attached hydrogens (tertiary/aromatic N) is 6. The fourth-order valence-electron chi connectivity index (χ4n) is 18.9. The summed E-state index contributed by atoms with van der Waals surface area (Å²) in [5.74, 6) is 0. The minimum Gasteiger partial charge on any atom is -0.456 e. The SMILES string of the molecule is c1ccc(-n2c3ccccc3c3cc(-c4ccc5c(c4)c4ccccc4n5-c4ccc5oc6ccccc6c5c4)ccc32)cc1.c1ccc(-n2c3ccccc3c3cc(-c4ccc5c(c4)c4ccccc4n5-c4cccc(-n5c6ccccc6c6cc(-c7ccc8c(c7)c7ccccc7n8-c7ccccc7)ccc65)c4)ccc32)cc1. The molecule has 0 aliphatic carbocycles. The van der Waals surface area contributed by atoms with Crippen LogP contribution in [0.3, 0.4) is 0 Å². The van der Waals surface area contributed by atoms with Gasteiger partial charge >= 0.3 is 0 Å². The lowest BCUT2D eigenvalue weighted by Crippen LogP contribution is -1.98. The van der Waals surface area contributed by atoms with Gasteiger partial charge < -0.3 is 31.8 Å². The Balaban J connectivity index is 0.000000146. The summed E-state index contributed by atoms with van der Waals surface area (Å²) in [4.78, 5) is 0. The Morgan fingerprint density at radius 3 is 0.635 bits per heavy atom. The molecule has 18 aromatic carbocycles. The third-order valence-electron chi connectivity index (χ3n) is 24.0. The van der Waals surface area contributed by atoms with E-state index in [1.165, 1.54) is 181 Å². The Kier molecular flexibility index (Phi) is 14.3. The van der Waals surface area contributed by atoms with Gasteiger partial charge in [-0.25, -0.2) is 0 Å². The van der Waals surface area contributed by atoms with Gasteiger partial charge in [-0.2, -0.15) is 0 Å². The molecule has 0 radical (unpaired) electrons. The number of para-hydroxylation sites is 10. The molecule has 7 heteroatoms. The highest BCUT2D eigenvalue weighted by molar-refractivity contribution is 6.17. The van der Waals surface area contributed by atoms with E-state index in [0.717, 1.165) is 39.0 Å². The number of rotatable bonds is 9. The minimum absolute atomic E-state index is 0.909. The van der Waals surface area contributed by atoms with Crippen molar-refractivity contribution in [1.29, 1.82) is 0 Å². The van der Waals surface area contributed by atoms with Crippen molar-refractivity contribution in [2.75, 3.05) is 0 Å². The first-order chi connectivity index (χ1) is 57.0. The van der Waals surface area contributed by atoms with Crippen molar-refractivity contribution in [2.24, 2.45) is 0 Å². The van der Waals surface area contributed by atoms with Crippen LogP contribution in [0.25, 0.3) is 220 Å².